The Morgan fingerprint density at radius 2 is 1.37 bits per heavy atom. The minimum atomic E-state index is -1.14. The molecule has 0 atom stereocenters. The fourth-order valence-corrected chi connectivity index (χ4v) is 3.19. The largest absolute Gasteiger partial charge is 0.453 e. The standard InChI is InChI=1S/C20H9F3N2OS/c21-12-6-8-14(9-7-12)27-20-18(23)16(11-25)15(10-24)17(22)19(20)26-13-4-2-1-3-5-13/h1-9H. The van der Waals surface area contributed by atoms with E-state index in [-0.39, 0.29) is 10.6 Å². The summed E-state index contributed by atoms with van der Waals surface area (Å²) < 4.78 is 48.4. The second-order valence-electron chi connectivity index (χ2n) is 5.23. The molecule has 0 N–H and O–H groups in total. The molecule has 0 heterocycles. The highest BCUT2D eigenvalue weighted by Gasteiger charge is 2.27. The van der Waals surface area contributed by atoms with Gasteiger partial charge in [-0.25, -0.2) is 13.2 Å². The van der Waals surface area contributed by atoms with Gasteiger partial charge in [0.2, 0.25) is 0 Å². The number of nitriles is 2. The zero-order chi connectivity index (χ0) is 19.4. The molecule has 0 bridgehead atoms. The SMILES string of the molecule is N#Cc1c(F)c(Oc2ccccc2)c(Sc2ccc(F)cc2)c(F)c1C#N. The van der Waals surface area contributed by atoms with Crippen molar-refractivity contribution in [3.8, 4) is 23.6 Å². The molecule has 27 heavy (non-hydrogen) atoms. The van der Waals surface area contributed by atoms with Crippen molar-refractivity contribution in [1.82, 2.24) is 0 Å². The van der Waals surface area contributed by atoms with Gasteiger partial charge in [0.1, 0.15) is 34.8 Å². The zero-order valence-electron chi connectivity index (χ0n) is 13.5. The van der Waals surface area contributed by atoms with Crippen LogP contribution >= 0.6 is 11.8 Å². The third kappa shape index (κ3) is 3.74. The van der Waals surface area contributed by atoms with Gasteiger partial charge in [-0.2, -0.15) is 10.5 Å². The van der Waals surface area contributed by atoms with Gasteiger partial charge in [0.25, 0.3) is 0 Å². The first-order valence-corrected chi connectivity index (χ1v) is 8.38. The molecule has 0 amide bonds. The van der Waals surface area contributed by atoms with E-state index in [0.29, 0.717) is 4.90 Å². The van der Waals surface area contributed by atoms with Crippen LogP contribution in [0, 0.1) is 40.1 Å². The van der Waals surface area contributed by atoms with Gasteiger partial charge in [-0.1, -0.05) is 30.0 Å². The van der Waals surface area contributed by atoms with E-state index in [1.54, 1.807) is 18.2 Å². The van der Waals surface area contributed by atoms with Crippen LogP contribution in [0.1, 0.15) is 11.1 Å². The summed E-state index contributed by atoms with van der Waals surface area (Å²) >= 11 is 0.764. The number of hydrogen-bond donors (Lipinski definition) is 0. The summed E-state index contributed by atoms with van der Waals surface area (Å²) in [7, 11) is 0. The first-order chi connectivity index (χ1) is 13.0. The van der Waals surface area contributed by atoms with E-state index < -0.39 is 34.3 Å². The summed E-state index contributed by atoms with van der Waals surface area (Å²) in [6, 6.07) is 16.2. The number of halogens is 3. The van der Waals surface area contributed by atoms with Crippen molar-refractivity contribution in [2.45, 2.75) is 9.79 Å². The molecule has 0 aromatic heterocycles. The Hall–Kier alpha value is -3.42. The van der Waals surface area contributed by atoms with Gasteiger partial charge in [-0.3, -0.25) is 0 Å². The van der Waals surface area contributed by atoms with Crippen molar-refractivity contribution in [2.75, 3.05) is 0 Å². The molecule has 3 aromatic carbocycles. The summed E-state index contributed by atoms with van der Waals surface area (Å²) in [5.41, 5.74) is -1.44. The highest BCUT2D eigenvalue weighted by atomic mass is 32.2. The predicted molar refractivity (Wildman–Crippen MR) is 92.8 cm³/mol. The maximum Gasteiger partial charge on any atom is 0.186 e. The molecule has 132 valence electrons. The summed E-state index contributed by atoms with van der Waals surface area (Å²) in [4.78, 5) is 0.0970. The zero-order valence-corrected chi connectivity index (χ0v) is 14.4. The Balaban J connectivity index is 2.19. The van der Waals surface area contributed by atoms with Crippen LogP contribution in [0.5, 0.6) is 11.5 Å². The van der Waals surface area contributed by atoms with Crippen molar-refractivity contribution >= 4 is 11.8 Å². The van der Waals surface area contributed by atoms with Crippen LogP contribution in [0.15, 0.2) is 64.4 Å². The number of para-hydroxylation sites is 1. The third-order valence-electron chi connectivity index (χ3n) is 3.51. The molecule has 0 saturated carbocycles. The van der Waals surface area contributed by atoms with Crippen LogP contribution < -0.4 is 4.74 Å². The van der Waals surface area contributed by atoms with E-state index in [2.05, 4.69) is 0 Å². The molecule has 3 aromatic rings. The lowest BCUT2D eigenvalue weighted by molar-refractivity contribution is 0.418. The Labute approximate surface area is 157 Å². The Morgan fingerprint density at radius 1 is 0.778 bits per heavy atom. The van der Waals surface area contributed by atoms with E-state index in [4.69, 9.17) is 15.3 Å². The number of ether oxygens (including phenoxy) is 1. The average Bonchev–Trinajstić information content (AvgIpc) is 2.69. The summed E-state index contributed by atoms with van der Waals surface area (Å²) in [5, 5.41) is 18.3. The number of nitrogens with zero attached hydrogens (tertiary/aromatic N) is 2. The molecule has 7 heteroatoms. The molecule has 0 radical (unpaired) electrons. The van der Waals surface area contributed by atoms with Gasteiger partial charge in [-0.15, -0.1) is 0 Å². The van der Waals surface area contributed by atoms with Crippen molar-refractivity contribution in [3.63, 3.8) is 0 Å². The number of rotatable bonds is 4. The van der Waals surface area contributed by atoms with Crippen molar-refractivity contribution < 1.29 is 17.9 Å². The average molecular weight is 382 g/mol. The summed E-state index contributed by atoms with van der Waals surface area (Å²) in [5.74, 6) is -2.97. The maximum absolute atomic E-state index is 14.9. The van der Waals surface area contributed by atoms with Crippen LogP contribution in [0.25, 0.3) is 0 Å². The van der Waals surface area contributed by atoms with Gasteiger partial charge in [0.15, 0.2) is 17.4 Å². The topological polar surface area (TPSA) is 56.8 Å². The van der Waals surface area contributed by atoms with Gasteiger partial charge >= 0.3 is 0 Å². The highest BCUT2D eigenvalue weighted by molar-refractivity contribution is 7.99. The van der Waals surface area contributed by atoms with Gasteiger partial charge in [0, 0.05) is 4.90 Å². The van der Waals surface area contributed by atoms with E-state index in [1.165, 1.54) is 48.5 Å². The quantitative estimate of drug-likeness (QED) is 0.573. The van der Waals surface area contributed by atoms with Crippen molar-refractivity contribution in [1.29, 1.82) is 10.5 Å². The smallest absolute Gasteiger partial charge is 0.186 e. The molecule has 0 fully saturated rings. The Bertz CT molecular complexity index is 1070. The molecule has 3 rings (SSSR count). The van der Waals surface area contributed by atoms with Crippen molar-refractivity contribution in [3.05, 3.63) is 83.2 Å². The lowest BCUT2D eigenvalue weighted by atomic mass is 10.1. The second kappa shape index (κ2) is 7.86. The molecule has 0 saturated heterocycles. The molecular formula is C20H9F3N2OS. The first-order valence-electron chi connectivity index (χ1n) is 7.56. The molecule has 0 aliphatic heterocycles. The number of benzene rings is 3. The minimum absolute atomic E-state index is 0.227. The van der Waals surface area contributed by atoms with E-state index in [0.717, 1.165) is 11.8 Å². The van der Waals surface area contributed by atoms with Crippen LogP contribution in [0.3, 0.4) is 0 Å². The van der Waals surface area contributed by atoms with E-state index in [9.17, 15) is 13.2 Å². The van der Waals surface area contributed by atoms with Crippen LogP contribution in [-0.2, 0) is 0 Å². The monoisotopic (exact) mass is 382 g/mol. The minimum Gasteiger partial charge on any atom is -0.453 e. The van der Waals surface area contributed by atoms with Crippen molar-refractivity contribution in [2.24, 2.45) is 0 Å². The lowest BCUT2D eigenvalue weighted by Crippen LogP contribution is -2.02. The number of hydrogen-bond acceptors (Lipinski definition) is 4. The van der Waals surface area contributed by atoms with Crippen LogP contribution in [-0.4, -0.2) is 0 Å². The molecular weight excluding hydrogens is 373 g/mol. The third-order valence-corrected chi connectivity index (χ3v) is 4.59. The van der Waals surface area contributed by atoms with Gasteiger partial charge in [-0.05, 0) is 36.4 Å². The summed E-state index contributed by atoms with van der Waals surface area (Å²) in [6.07, 6.45) is 0. The fourth-order valence-electron chi connectivity index (χ4n) is 2.27. The Kier molecular flexibility index (Phi) is 5.35. The van der Waals surface area contributed by atoms with Gasteiger partial charge in [0.05, 0.1) is 4.90 Å². The normalized spacial score (nSPS) is 10.1. The maximum atomic E-state index is 14.9. The van der Waals surface area contributed by atoms with E-state index >= 15 is 0 Å². The van der Waals surface area contributed by atoms with E-state index in [1.807, 2.05) is 0 Å². The second-order valence-corrected chi connectivity index (χ2v) is 6.31. The predicted octanol–water partition coefficient (Wildman–Crippen LogP) is 5.79. The van der Waals surface area contributed by atoms with Crippen LogP contribution in [0.2, 0.25) is 0 Å². The Morgan fingerprint density at radius 3 is 1.96 bits per heavy atom. The molecule has 0 spiro atoms. The molecule has 0 unspecified atom stereocenters. The highest BCUT2D eigenvalue weighted by Crippen LogP contribution is 2.43. The fraction of sp³-hybridized carbons (Fsp3) is 0. The first kappa shape index (κ1) is 18.4. The lowest BCUT2D eigenvalue weighted by Gasteiger charge is -2.15. The molecule has 0 aliphatic carbocycles. The molecule has 3 nitrogen and oxygen atoms in total. The molecule has 0 aliphatic rings. The van der Waals surface area contributed by atoms with Crippen LogP contribution in [0.4, 0.5) is 13.2 Å². The summed E-state index contributed by atoms with van der Waals surface area (Å²) in [6.45, 7) is 0. The van der Waals surface area contributed by atoms with Gasteiger partial charge < -0.3 is 4.74 Å².